The second kappa shape index (κ2) is 7.78. The fourth-order valence-electron chi connectivity index (χ4n) is 3.97. The van der Waals surface area contributed by atoms with Crippen LogP contribution in [0.25, 0.3) is 11.0 Å². The summed E-state index contributed by atoms with van der Waals surface area (Å²) in [7, 11) is -3.81. The second-order valence-corrected chi connectivity index (χ2v) is 9.25. The van der Waals surface area contributed by atoms with Gasteiger partial charge in [-0.25, -0.2) is 8.42 Å². The van der Waals surface area contributed by atoms with Crippen LogP contribution in [0.15, 0.2) is 23.1 Å². The van der Waals surface area contributed by atoms with Crippen LogP contribution in [-0.2, 0) is 19.6 Å². The van der Waals surface area contributed by atoms with Crippen molar-refractivity contribution in [2.75, 3.05) is 26.3 Å². The van der Waals surface area contributed by atoms with Gasteiger partial charge in [0.05, 0.1) is 24.3 Å². The number of amides is 1. The minimum absolute atomic E-state index is 0.0864. The quantitative estimate of drug-likeness (QED) is 0.803. The number of carbonyl (C=O) groups is 1. The van der Waals surface area contributed by atoms with Crippen molar-refractivity contribution in [1.82, 2.24) is 18.4 Å². The van der Waals surface area contributed by atoms with Gasteiger partial charge in [-0.05, 0) is 31.4 Å². The number of fused-ring (bicyclic) bond motifs is 2. The molecule has 0 bridgehead atoms. The van der Waals surface area contributed by atoms with E-state index in [2.05, 4.69) is 14.1 Å². The van der Waals surface area contributed by atoms with Crippen LogP contribution in [0.3, 0.4) is 0 Å². The predicted molar refractivity (Wildman–Crippen MR) is 101 cm³/mol. The molecule has 1 aliphatic carbocycles. The molecule has 1 amide bonds. The SMILES string of the molecule is O=C1NCCOCCCN(S(=O)(=O)c2cccc3nsnc23)[C@H]2CCC[C@@H]12. The van der Waals surface area contributed by atoms with Crippen LogP contribution in [-0.4, -0.2) is 59.7 Å². The van der Waals surface area contributed by atoms with Gasteiger partial charge in [0.1, 0.15) is 15.9 Å². The number of carbonyl (C=O) groups excluding carboxylic acids is 1. The van der Waals surface area contributed by atoms with Crippen LogP contribution >= 0.6 is 11.7 Å². The van der Waals surface area contributed by atoms with Crippen LogP contribution in [0, 0.1) is 5.92 Å². The Bertz CT molecular complexity index is 930. The zero-order chi connectivity index (χ0) is 18.9. The van der Waals surface area contributed by atoms with Gasteiger partial charge < -0.3 is 10.1 Å². The van der Waals surface area contributed by atoms with Crippen LogP contribution in [0.4, 0.5) is 0 Å². The Morgan fingerprint density at radius 2 is 2.07 bits per heavy atom. The summed E-state index contributed by atoms with van der Waals surface area (Å²) in [5.74, 6) is -0.414. The number of hydrogen-bond donors (Lipinski definition) is 1. The smallest absolute Gasteiger partial charge is 0.245 e. The lowest BCUT2D eigenvalue weighted by atomic mass is 10.0. The fourth-order valence-corrected chi connectivity index (χ4v) is 6.46. The molecule has 2 heterocycles. The summed E-state index contributed by atoms with van der Waals surface area (Å²) in [6.07, 6.45) is 2.81. The molecule has 0 radical (unpaired) electrons. The zero-order valence-corrected chi connectivity index (χ0v) is 16.5. The average Bonchev–Trinajstić information content (AvgIpc) is 3.31. The third-order valence-corrected chi connectivity index (χ3v) is 7.73. The molecule has 146 valence electrons. The van der Waals surface area contributed by atoms with E-state index in [-0.39, 0.29) is 22.8 Å². The van der Waals surface area contributed by atoms with Gasteiger partial charge in [-0.2, -0.15) is 13.1 Å². The molecule has 1 saturated heterocycles. The number of nitrogens with one attached hydrogen (secondary N) is 1. The normalized spacial score (nSPS) is 25.7. The third-order valence-electron chi connectivity index (χ3n) is 5.23. The van der Waals surface area contributed by atoms with Crippen molar-refractivity contribution in [3.63, 3.8) is 0 Å². The molecule has 10 heteroatoms. The van der Waals surface area contributed by atoms with Gasteiger partial charge in [0.2, 0.25) is 15.9 Å². The van der Waals surface area contributed by atoms with E-state index >= 15 is 0 Å². The van der Waals surface area contributed by atoms with E-state index in [4.69, 9.17) is 4.74 Å². The standard InChI is InChI=1S/C17H22N4O4S2/c22-17-12-4-1-6-14(12)21(9-3-10-25-11-8-18-17)27(23,24)15-7-2-5-13-16(15)20-26-19-13/h2,5,7,12,14H,1,3-4,6,8-11H2,(H,18,22)/t12-,14+/m1/s1. The minimum atomic E-state index is -3.81. The molecule has 0 unspecified atom stereocenters. The summed E-state index contributed by atoms with van der Waals surface area (Å²) >= 11 is 0.999. The van der Waals surface area contributed by atoms with E-state index in [1.54, 1.807) is 18.2 Å². The Labute approximate surface area is 162 Å². The molecule has 8 nitrogen and oxygen atoms in total. The summed E-state index contributed by atoms with van der Waals surface area (Å²) in [5.41, 5.74) is 0.968. The van der Waals surface area contributed by atoms with Gasteiger partial charge in [0, 0.05) is 25.7 Å². The molecule has 2 aliphatic rings. The van der Waals surface area contributed by atoms with Crippen LogP contribution in [0.2, 0.25) is 0 Å². The van der Waals surface area contributed by atoms with Crippen LogP contribution in [0.1, 0.15) is 25.7 Å². The molecular weight excluding hydrogens is 388 g/mol. The van der Waals surface area contributed by atoms with Crippen molar-refractivity contribution in [3.05, 3.63) is 18.2 Å². The van der Waals surface area contributed by atoms with Gasteiger partial charge in [-0.3, -0.25) is 4.79 Å². The summed E-state index contributed by atoms with van der Waals surface area (Å²) < 4.78 is 42.5. The maximum atomic E-state index is 13.6. The van der Waals surface area contributed by atoms with Crippen LogP contribution < -0.4 is 5.32 Å². The summed E-state index contributed by atoms with van der Waals surface area (Å²) in [4.78, 5) is 12.8. The number of rotatable bonds is 2. The lowest BCUT2D eigenvalue weighted by molar-refractivity contribution is -0.126. The van der Waals surface area contributed by atoms with Crippen molar-refractivity contribution in [2.45, 2.75) is 36.6 Å². The number of hydrogen-bond acceptors (Lipinski definition) is 7. The molecule has 1 aromatic carbocycles. The van der Waals surface area contributed by atoms with E-state index in [0.717, 1.165) is 18.1 Å². The Morgan fingerprint density at radius 3 is 2.96 bits per heavy atom. The first-order valence-electron chi connectivity index (χ1n) is 9.17. The van der Waals surface area contributed by atoms with Crippen molar-refractivity contribution in [1.29, 1.82) is 0 Å². The summed E-state index contributed by atoms with van der Waals surface area (Å²) in [6.45, 7) is 1.69. The highest BCUT2D eigenvalue weighted by Gasteiger charge is 2.42. The van der Waals surface area contributed by atoms with E-state index in [1.165, 1.54) is 4.31 Å². The lowest BCUT2D eigenvalue weighted by Crippen LogP contribution is -2.47. The van der Waals surface area contributed by atoms with Crippen LogP contribution in [0.5, 0.6) is 0 Å². The molecule has 1 aromatic heterocycles. The van der Waals surface area contributed by atoms with Gasteiger partial charge in [-0.15, -0.1) is 0 Å². The summed E-state index contributed by atoms with van der Waals surface area (Å²) in [5, 5.41) is 2.88. The van der Waals surface area contributed by atoms with Gasteiger partial charge in [0.25, 0.3) is 0 Å². The molecule has 1 N–H and O–H groups in total. The first-order valence-corrected chi connectivity index (χ1v) is 11.3. The van der Waals surface area contributed by atoms with E-state index in [0.29, 0.717) is 56.6 Å². The van der Waals surface area contributed by atoms with E-state index in [9.17, 15) is 13.2 Å². The Morgan fingerprint density at radius 1 is 1.19 bits per heavy atom. The van der Waals surface area contributed by atoms with Crippen molar-refractivity contribution < 1.29 is 17.9 Å². The molecule has 2 aromatic rings. The molecule has 2 fully saturated rings. The topological polar surface area (TPSA) is 101 Å². The highest BCUT2D eigenvalue weighted by atomic mass is 32.2. The van der Waals surface area contributed by atoms with Crippen molar-refractivity contribution in [2.24, 2.45) is 5.92 Å². The monoisotopic (exact) mass is 410 g/mol. The molecule has 0 spiro atoms. The summed E-state index contributed by atoms with van der Waals surface area (Å²) in [6, 6.07) is 4.68. The molecule has 1 aliphatic heterocycles. The van der Waals surface area contributed by atoms with Gasteiger partial charge in [-0.1, -0.05) is 12.5 Å². The molecule has 1 saturated carbocycles. The average molecular weight is 411 g/mol. The molecule has 4 rings (SSSR count). The maximum Gasteiger partial charge on any atom is 0.245 e. The zero-order valence-electron chi connectivity index (χ0n) is 14.8. The van der Waals surface area contributed by atoms with Crippen molar-refractivity contribution in [3.8, 4) is 0 Å². The number of ether oxygens (including phenoxy) is 1. The largest absolute Gasteiger partial charge is 0.380 e. The first kappa shape index (κ1) is 18.7. The Balaban J connectivity index is 1.75. The fraction of sp³-hybridized carbons (Fsp3) is 0.588. The highest BCUT2D eigenvalue weighted by Crippen LogP contribution is 2.35. The first-order chi connectivity index (χ1) is 13.1. The number of nitrogens with zero attached hydrogens (tertiary/aromatic N) is 3. The van der Waals surface area contributed by atoms with Gasteiger partial charge in [0.15, 0.2) is 0 Å². The highest BCUT2D eigenvalue weighted by molar-refractivity contribution is 7.89. The number of benzene rings is 1. The predicted octanol–water partition coefficient (Wildman–Crippen LogP) is 1.39. The van der Waals surface area contributed by atoms with Gasteiger partial charge >= 0.3 is 0 Å². The van der Waals surface area contributed by atoms with E-state index in [1.807, 2.05) is 0 Å². The molecule has 27 heavy (non-hydrogen) atoms. The number of aromatic nitrogens is 2. The Kier molecular flexibility index (Phi) is 5.40. The van der Waals surface area contributed by atoms with E-state index < -0.39 is 10.0 Å². The molecular formula is C17H22N4O4S2. The minimum Gasteiger partial charge on any atom is -0.380 e. The third kappa shape index (κ3) is 3.58. The van der Waals surface area contributed by atoms with Crippen molar-refractivity contribution >= 4 is 38.7 Å². The maximum absolute atomic E-state index is 13.6. The molecule has 2 atom stereocenters. The second-order valence-electron chi connectivity index (χ2n) is 6.87. The Hall–Kier alpha value is -1.62. The lowest BCUT2D eigenvalue weighted by Gasteiger charge is -2.31. The number of sulfonamides is 1.